The quantitative estimate of drug-likeness (QED) is 0.424. The summed E-state index contributed by atoms with van der Waals surface area (Å²) >= 11 is 1.76. The van der Waals surface area contributed by atoms with Gasteiger partial charge in [0.05, 0.1) is 18.2 Å². The molecule has 0 aliphatic carbocycles. The molecule has 7 heteroatoms. The lowest BCUT2D eigenvalue weighted by Crippen LogP contribution is -2.44. The second-order valence-corrected chi connectivity index (χ2v) is 6.66. The summed E-state index contributed by atoms with van der Waals surface area (Å²) in [6, 6.07) is 0. The van der Waals surface area contributed by atoms with E-state index in [0.717, 1.165) is 76.9 Å². The summed E-state index contributed by atoms with van der Waals surface area (Å²) in [6.07, 6.45) is 3.36. The third kappa shape index (κ3) is 7.28. The van der Waals surface area contributed by atoms with Gasteiger partial charge in [-0.1, -0.05) is 0 Å². The molecule has 0 radical (unpaired) electrons. The van der Waals surface area contributed by atoms with E-state index in [4.69, 9.17) is 4.74 Å². The minimum Gasteiger partial charge on any atom is -0.379 e. The third-order valence-corrected chi connectivity index (χ3v) is 4.85. The second-order valence-electron chi connectivity index (χ2n) is 5.72. The van der Waals surface area contributed by atoms with Gasteiger partial charge in [-0.25, -0.2) is 4.98 Å². The smallest absolute Gasteiger partial charge is 0.191 e. The lowest BCUT2D eigenvalue weighted by molar-refractivity contribution is 0.0389. The van der Waals surface area contributed by atoms with Gasteiger partial charge in [0.2, 0.25) is 0 Å². The molecule has 0 unspecified atom stereocenters. The number of aromatic nitrogens is 1. The van der Waals surface area contributed by atoms with Crippen molar-refractivity contribution in [1.29, 1.82) is 0 Å². The van der Waals surface area contributed by atoms with Crippen LogP contribution in [0.15, 0.2) is 10.4 Å². The highest BCUT2D eigenvalue weighted by Gasteiger charge is 2.09. The Balaban J connectivity index is 1.50. The number of rotatable bonds is 8. The van der Waals surface area contributed by atoms with Crippen LogP contribution in [0.1, 0.15) is 23.5 Å². The Morgan fingerprint density at radius 2 is 2.09 bits per heavy atom. The zero-order valence-electron chi connectivity index (χ0n) is 14.3. The van der Waals surface area contributed by atoms with Crippen LogP contribution in [0.2, 0.25) is 0 Å². The largest absolute Gasteiger partial charge is 0.379 e. The van der Waals surface area contributed by atoms with E-state index >= 15 is 0 Å². The van der Waals surface area contributed by atoms with E-state index in [-0.39, 0.29) is 0 Å². The predicted molar refractivity (Wildman–Crippen MR) is 96.4 cm³/mol. The average Bonchev–Trinajstić information content (AvgIpc) is 2.99. The van der Waals surface area contributed by atoms with Gasteiger partial charge in [-0.2, -0.15) is 0 Å². The first-order valence-electron chi connectivity index (χ1n) is 8.43. The molecule has 0 bridgehead atoms. The first kappa shape index (κ1) is 18.2. The van der Waals surface area contributed by atoms with Crippen LogP contribution >= 0.6 is 11.3 Å². The van der Waals surface area contributed by atoms with E-state index in [1.807, 2.05) is 14.0 Å². The van der Waals surface area contributed by atoms with Crippen LogP contribution in [0.5, 0.6) is 0 Å². The number of morpholine rings is 1. The van der Waals surface area contributed by atoms with Gasteiger partial charge in [-0.15, -0.1) is 11.3 Å². The number of nitrogens with one attached hydrogen (secondary N) is 2. The molecular weight excluding hydrogens is 310 g/mol. The average molecular weight is 340 g/mol. The summed E-state index contributed by atoms with van der Waals surface area (Å²) in [4.78, 5) is 11.2. The van der Waals surface area contributed by atoms with Crippen molar-refractivity contribution < 1.29 is 4.74 Å². The maximum Gasteiger partial charge on any atom is 0.191 e. The molecule has 2 N–H and O–H groups in total. The molecule has 0 amide bonds. The Morgan fingerprint density at radius 3 is 2.78 bits per heavy atom. The Bertz CT molecular complexity index is 471. The van der Waals surface area contributed by atoms with E-state index in [9.17, 15) is 0 Å². The molecule has 23 heavy (non-hydrogen) atoms. The van der Waals surface area contributed by atoms with E-state index in [2.05, 4.69) is 30.9 Å². The van der Waals surface area contributed by atoms with E-state index in [0.29, 0.717) is 0 Å². The van der Waals surface area contributed by atoms with Crippen LogP contribution in [0, 0.1) is 6.92 Å². The van der Waals surface area contributed by atoms with Crippen LogP contribution < -0.4 is 10.6 Å². The molecule has 0 atom stereocenters. The van der Waals surface area contributed by atoms with Gasteiger partial charge in [0.25, 0.3) is 0 Å². The zero-order chi connectivity index (χ0) is 16.3. The molecule has 0 spiro atoms. The molecule has 6 nitrogen and oxygen atoms in total. The van der Waals surface area contributed by atoms with Crippen LogP contribution in [0.25, 0.3) is 0 Å². The Hall–Kier alpha value is -1.18. The Morgan fingerprint density at radius 1 is 1.30 bits per heavy atom. The number of thiazole rings is 1. The normalized spacial score (nSPS) is 16.5. The van der Waals surface area contributed by atoms with E-state index < -0.39 is 0 Å². The van der Waals surface area contributed by atoms with Gasteiger partial charge >= 0.3 is 0 Å². The summed E-state index contributed by atoms with van der Waals surface area (Å²) in [6.45, 7) is 8.71. The summed E-state index contributed by atoms with van der Waals surface area (Å²) < 4.78 is 5.36. The first-order chi connectivity index (χ1) is 11.3. The van der Waals surface area contributed by atoms with E-state index in [1.165, 1.54) is 5.01 Å². The summed E-state index contributed by atoms with van der Waals surface area (Å²) in [5.74, 6) is 0.892. The number of nitrogens with zero attached hydrogens (tertiary/aromatic N) is 3. The van der Waals surface area contributed by atoms with Crippen molar-refractivity contribution >= 4 is 17.3 Å². The first-order valence-corrected chi connectivity index (χ1v) is 9.31. The highest BCUT2D eigenvalue weighted by Crippen LogP contribution is 2.11. The summed E-state index contributed by atoms with van der Waals surface area (Å²) in [5.41, 5.74) is 1.13. The molecule has 1 aliphatic rings. The van der Waals surface area contributed by atoms with Gasteiger partial charge in [-0.3, -0.25) is 9.89 Å². The molecule has 0 saturated carbocycles. The zero-order valence-corrected chi connectivity index (χ0v) is 15.1. The minimum absolute atomic E-state index is 0.853. The van der Waals surface area contributed by atoms with Crippen molar-refractivity contribution in [3.05, 3.63) is 16.1 Å². The number of hydrogen-bond donors (Lipinski definition) is 2. The molecule has 1 aromatic rings. The van der Waals surface area contributed by atoms with Crippen molar-refractivity contribution in [1.82, 2.24) is 20.5 Å². The van der Waals surface area contributed by atoms with Crippen LogP contribution in [-0.4, -0.2) is 68.8 Å². The number of ether oxygens (including phenoxy) is 1. The van der Waals surface area contributed by atoms with Crippen molar-refractivity contribution in [3.63, 3.8) is 0 Å². The number of aliphatic imine (C=N–C) groups is 1. The topological polar surface area (TPSA) is 61.8 Å². The SMILES string of the molecule is CN=C(NCCCCc1nc(C)cs1)NCCN1CCOCC1. The van der Waals surface area contributed by atoms with Crippen LogP contribution in [0.4, 0.5) is 0 Å². The fourth-order valence-corrected chi connectivity index (χ4v) is 3.32. The molecule has 1 saturated heterocycles. The molecule has 1 aromatic heterocycles. The highest BCUT2D eigenvalue weighted by molar-refractivity contribution is 7.09. The number of hydrogen-bond acceptors (Lipinski definition) is 5. The fourth-order valence-electron chi connectivity index (χ4n) is 2.50. The highest BCUT2D eigenvalue weighted by atomic mass is 32.1. The van der Waals surface area contributed by atoms with Crippen molar-refractivity contribution in [3.8, 4) is 0 Å². The molecule has 1 fully saturated rings. The summed E-state index contributed by atoms with van der Waals surface area (Å²) in [5, 5.41) is 10.1. The van der Waals surface area contributed by atoms with Gasteiger partial charge in [0.15, 0.2) is 5.96 Å². The van der Waals surface area contributed by atoms with Gasteiger partial charge in [0, 0.05) is 50.8 Å². The molecule has 130 valence electrons. The van der Waals surface area contributed by atoms with E-state index in [1.54, 1.807) is 11.3 Å². The maximum atomic E-state index is 5.36. The lowest BCUT2D eigenvalue weighted by Gasteiger charge is -2.26. The molecule has 1 aliphatic heterocycles. The minimum atomic E-state index is 0.853. The lowest BCUT2D eigenvalue weighted by atomic mass is 10.2. The third-order valence-electron chi connectivity index (χ3n) is 3.82. The van der Waals surface area contributed by atoms with Gasteiger partial charge in [-0.05, 0) is 26.2 Å². The van der Waals surface area contributed by atoms with Gasteiger partial charge < -0.3 is 15.4 Å². The molecule has 2 heterocycles. The Labute approximate surface area is 143 Å². The molecule has 0 aromatic carbocycles. The fraction of sp³-hybridized carbons (Fsp3) is 0.750. The van der Waals surface area contributed by atoms with Crippen molar-refractivity contribution in [2.75, 3.05) is 53.0 Å². The second kappa shape index (κ2) is 10.6. The molecule has 2 rings (SSSR count). The number of unbranched alkanes of at least 4 members (excludes halogenated alkanes) is 1. The Kier molecular flexibility index (Phi) is 8.35. The maximum absolute atomic E-state index is 5.36. The number of aryl methyl sites for hydroxylation is 2. The predicted octanol–water partition coefficient (Wildman–Crippen LogP) is 1.27. The van der Waals surface area contributed by atoms with Crippen molar-refractivity contribution in [2.24, 2.45) is 4.99 Å². The van der Waals surface area contributed by atoms with Crippen LogP contribution in [-0.2, 0) is 11.2 Å². The van der Waals surface area contributed by atoms with Crippen molar-refractivity contribution in [2.45, 2.75) is 26.2 Å². The molecular formula is C16H29N5OS. The standard InChI is InChI=1S/C16H29N5OS/c1-14-13-23-15(20-14)5-3-4-6-18-16(17-2)19-7-8-21-9-11-22-12-10-21/h13H,3-12H2,1-2H3,(H2,17,18,19). The van der Waals surface area contributed by atoms with Gasteiger partial charge in [0.1, 0.15) is 0 Å². The monoisotopic (exact) mass is 339 g/mol. The van der Waals surface area contributed by atoms with Crippen LogP contribution in [0.3, 0.4) is 0 Å². The summed E-state index contributed by atoms with van der Waals surface area (Å²) in [7, 11) is 1.82. The number of guanidine groups is 1.